The molecule has 3 N–H and O–H groups in total. The molecule has 0 aliphatic carbocycles. The number of nitrogens with zero attached hydrogens (tertiary/aromatic N) is 2. The molecule has 1 aromatic carbocycles. The quantitative estimate of drug-likeness (QED) is 0.763. The van der Waals surface area contributed by atoms with E-state index < -0.39 is 0 Å². The number of carbonyl (C=O) groups excluding carboxylic acids is 1. The Morgan fingerprint density at radius 3 is 2.90 bits per heavy atom. The maximum absolute atomic E-state index is 11.1. The number of nitrogens with two attached hydrogens (primary N) is 1. The lowest BCUT2D eigenvalue weighted by molar-refractivity contribution is -0.114. The van der Waals surface area contributed by atoms with Crippen LogP contribution < -0.4 is 11.1 Å². The Hall–Kier alpha value is -2.53. The van der Waals surface area contributed by atoms with Gasteiger partial charge in [-0.2, -0.15) is 0 Å². The fourth-order valence-electron chi connectivity index (χ4n) is 2.20. The van der Waals surface area contributed by atoms with Crippen molar-refractivity contribution in [2.24, 2.45) is 0 Å². The number of benzene rings is 1. The van der Waals surface area contributed by atoms with Crippen LogP contribution in [0.3, 0.4) is 0 Å². The van der Waals surface area contributed by atoms with Gasteiger partial charge in [-0.3, -0.25) is 9.20 Å². The second-order valence-electron chi connectivity index (χ2n) is 4.68. The summed E-state index contributed by atoms with van der Waals surface area (Å²) in [6.45, 7) is 1.47. The minimum atomic E-state index is -0.123. The molecule has 0 saturated heterocycles. The molecule has 3 aromatic rings. The summed E-state index contributed by atoms with van der Waals surface area (Å²) in [5.41, 5.74) is 9.06. The highest BCUT2D eigenvalue weighted by Crippen LogP contribution is 2.29. The highest BCUT2D eigenvalue weighted by atomic mass is 35.5. The number of imidazole rings is 1. The van der Waals surface area contributed by atoms with E-state index in [0.29, 0.717) is 22.2 Å². The van der Waals surface area contributed by atoms with Gasteiger partial charge in [-0.25, -0.2) is 4.98 Å². The van der Waals surface area contributed by atoms with Gasteiger partial charge in [-0.05, 0) is 24.3 Å². The van der Waals surface area contributed by atoms with Crippen LogP contribution in [-0.4, -0.2) is 15.3 Å². The van der Waals surface area contributed by atoms with E-state index in [1.165, 1.54) is 6.92 Å². The van der Waals surface area contributed by atoms with E-state index in [0.717, 1.165) is 11.2 Å². The second-order valence-corrected chi connectivity index (χ2v) is 5.12. The minimum Gasteiger partial charge on any atom is -0.383 e. The molecule has 6 heteroatoms. The Labute approximate surface area is 126 Å². The SMILES string of the molecule is CC(=O)Nc1cccc(-c2nc3ccc(Cl)cn3c2N)c1. The number of pyridine rings is 1. The minimum absolute atomic E-state index is 0.123. The Morgan fingerprint density at radius 2 is 2.14 bits per heavy atom. The lowest BCUT2D eigenvalue weighted by atomic mass is 10.1. The summed E-state index contributed by atoms with van der Waals surface area (Å²) in [7, 11) is 0. The van der Waals surface area contributed by atoms with Crippen LogP contribution in [0.1, 0.15) is 6.92 Å². The molecule has 0 aliphatic rings. The topological polar surface area (TPSA) is 72.4 Å². The Morgan fingerprint density at radius 1 is 1.33 bits per heavy atom. The van der Waals surface area contributed by atoms with Gasteiger partial charge in [0.1, 0.15) is 17.2 Å². The van der Waals surface area contributed by atoms with E-state index in [2.05, 4.69) is 10.3 Å². The monoisotopic (exact) mass is 300 g/mol. The zero-order valence-corrected chi connectivity index (χ0v) is 12.1. The van der Waals surface area contributed by atoms with Gasteiger partial charge in [-0.15, -0.1) is 0 Å². The summed E-state index contributed by atoms with van der Waals surface area (Å²) >= 11 is 5.98. The molecule has 0 spiro atoms. The first kappa shape index (κ1) is 13.5. The maximum atomic E-state index is 11.1. The van der Waals surface area contributed by atoms with Gasteiger partial charge in [0.25, 0.3) is 0 Å². The van der Waals surface area contributed by atoms with E-state index >= 15 is 0 Å². The molecule has 2 heterocycles. The van der Waals surface area contributed by atoms with Crippen molar-refractivity contribution in [1.29, 1.82) is 0 Å². The van der Waals surface area contributed by atoms with Crippen LogP contribution in [-0.2, 0) is 4.79 Å². The van der Waals surface area contributed by atoms with Gasteiger partial charge in [0.2, 0.25) is 5.91 Å². The first-order chi connectivity index (χ1) is 10.0. The van der Waals surface area contributed by atoms with Crippen molar-refractivity contribution in [1.82, 2.24) is 9.38 Å². The predicted octanol–water partition coefficient (Wildman–Crippen LogP) is 3.20. The molecule has 5 nitrogen and oxygen atoms in total. The fourth-order valence-corrected chi connectivity index (χ4v) is 2.36. The second kappa shape index (κ2) is 5.10. The lowest BCUT2D eigenvalue weighted by Gasteiger charge is -2.04. The normalized spacial score (nSPS) is 10.8. The molecular weight excluding hydrogens is 288 g/mol. The number of carbonyl (C=O) groups is 1. The number of hydrogen-bond donors (Lipinski definition) is 2. The summed E-state index contributed by atoms with van der Waals surface area (Å²) in [6.07, 6.45) is 1.72. The molecule has 21 heavy (non-hydrogen) atoms. The number of anilines is 2. The van der Waals surface area contributed by atoms with Gasteiger partial charge in [-0.1, -0.05) is 23.7 Å². The van der Waals surface area contributed by atoms with Crippen LogP contribution in [0.25, 0.3) is 16.9 Å². The van der Waals surface area contributed by atoms with Crippen molar-refractivity contribution in [2.45, 2.75) is 6.92 Å². The van der Waals surface area contributed by atoms with E-state index in [-0.39, 0.29) is 5.91 Å². The smallest absolute Gasteiger partial charge is 0.221 e. The Kier molecular flexibility index (Phi) is 3.27. The number of amides is 1. The third kappa shape index (κ3) is 2.55. The van der Waals surface area contributed by atoms with E-state index in [1.807, 2.05) is 24.3 Å². The van der Waals surface area contributed by atoms with Crippen molar-refractivity contribution in [3.05, 3.63) is 47.6 Å². The van der Waals surface area contributed by atoms with E-state index in [1.54, 1.807) is 22.7 Å². The number of nitrogen functional groups attached to an aromatic ring is 1. The summed E-state index contributed by atoms with van der Waals surface area (Å²) in [6, 6.07) is 11.0. The molecule has 106 valence electrons. The Bertz CT molecular complexity index is 841. The van der Waals surface area contributed by atoms with Crippen molar-refractivity contribution >= 4 is 34.7 Å². The van der Waals surface area contributed by atoms with Crippen LogP contribution in [0.5, 0.6) is 0 Å². The largest absolute Gasteiger partial charge is 0.383 e. The van der Waals surface area contributed by atoms with Crippen LogP contribution in [0, 0.1) is 0 Å². The molecule has 0 bridgehead atoms. The molecule has 0 atom stereocenters. The van der Waals surface area contributed by atoms with Crippen molar-refractivity contribution in [3.8, 4) is 11.3 Å². The zero-order chi connectivity index (χ0) is 15.0. The van der Waals surface area contributed by atoms with Gasteiger partial charge < -0.3 is 11.1 Å². The molecule has 1 amide bonds. The fraction of sp³-hybridized carbons (Fsp3) is 0.0667. The number of hydrogen-bond acceptors (Lipinski definition) is 3. The summed E-state index contributed by atoms with van der Waals surface area (Å²) in [5.74, 6) is 0.384. The maximum Gasteiger partial charge on any atom is 0.221 e. The van der Waals surface area contributed by atoms with Crippen LogP contribution in [0.4, 0.5) is 11.5 Å². The molecule has 0 fully saturated rings. The summed E-state index contributed by atoms with van der Waals surface area (Å²) in [4.78, 5) is 15.6. The number of rotatable bonds is 2. The van der Waals surface area contributed by atoms with E-state index in [9.17, 15) is 4.79 Å². The van der Waals surface area contributed by atoms with E-state index in [4.69, 9.17) is 17.3 Å². The predicted molar refractivity (Wildman–Crippen MR) is 84.4 cm³/mol. The zero-order valence-electron chi connectivity index (χ0n) is 11.3. The molecule has 0 aliphatic heterocycles. The molecule has 0 saturated carbocycles. The molecule has 2 aromatic heterocycles. The summed E-state index contributed by atoms with van der Waals surface area (Å²) < 4.78 is 1.74. The number of fused-ring (bicyclic) bond motifs is 1. The lowest BCUT2D eigenvalue weighted by Crippen LogP contribution is -2.05. The first-order valence-electron chi connectivity index (χ1n) is 6.36. The molecule has 0 radical (unpaired) electrons. The van der Waals surface area contributed by atoms with Crippen molar-refractivity contribution in [2.75, 3.05) is 11.1 Å². The number of halogens is 1. The van der Waals surface area contributed by atoms with Gasteiger partial charge in [0.05, 0.1) is 5.02 Å². The molecular formula is C15H13ClN4O. The molecule has 0 unspecified atom stereocenters. The van der Waals surface area contributed by atoms with Gasteiger partial charge >= 0.3 is 0 Å². The first-order valence-corrected chi connectivity index (χ1v) is 6.73. The van der Waals surface area contributed by atoms with Crippen molar-refractivity contribution < 1.29 is 4.79 Å². The highest BCUT2D eigenvalue weighted by Gasteiger charge is 2.12. The highest BCUT2D eigenvalue weighted by molar-refractivity contribution is 6.30. The third-order valence-corrected chi connectivity index (χ3v) is 3.30. The van der Waals surface area contributed by atoms with Crippen LogP contribution in [0.2, 0.25) is 5.02 Å². The van der Waals surface area contributed by atoms with Gasteiger partial charge in [0, 0.05) is 24.4 Å². The Balaban J connectivity index is 2.12. The summed E-state index contributed by atoms with van der Waals surface area (Å²) in [5, 5.41) is 3.33. The number of nitrogens with one attached hydrogen (secondary N) is 1. The average Bonchev–Trinajstić information content (AvgIpc) is 2.76. The van der Waals surface area contributed by atoms with Crippen molar-refractivity contribution in [3.63, 3.8) is 0 Å². The third-order valence-electron chi connectivity index (χ3n) is 3.08. The van der Waals surface area contributed by atoms with Gasteiger partial charge in [0.15, 0.2) is 0 Å². The standard InChI is InChI=1S/C15H13ClN4O/c1-9(21)18-12-4-2-3-10(7-12)14-15(17)20-8-11(16)5-6-13(20)19-14/h2-8H,17H2,1H3,(H,18,21). The van der Waals surface area contributed by atoms with Crippen LogP contribution >= 0.6 is 11.6 Å². The average molecular weight is 301 g/mol. The number of aromatic nitrogens is 2. The molecule has 3 rings (SSSR count). The van der Waals surface area contributed by atoms with Crippen LogP contribution in [0.15, 0.2) is 42.6 Å².